The van der Waals surface area contributed by atoms with E-state index in [-0.39, 0.29) is 0 Å². The molecule has 0 aromatic heterocycles. The van der Waals surface area contributed by atoms with E-state index in [0.29, 0.717) is 0 Å². The third-order valence-corrected chi connectivity index (χ3v) is 3.46. The highest BCUT2D eigenvalue weighted by Crippen LogP contribution is 2.25. The Hall–Kier alpha value is -0.0400. The highest BCUT2D eigenvalue weighted by atomic mass is 14.9. The third kappa shape index (κ3) is 4.45. The van der Waals surface area contributed by atoms with Crippen LogP contribution in [-0.2, 0) is 0 Å². The van der Waals surface area contributed by atoms with Crippen molar-refractivity contribution in [3.05, 3.63) is 0 Å². The van der Waals surface area contributed by atoms with Crippen LogP contribution in [-0.4, -0.2) is 12.1 Å². The maximum Gasteiger partial charge on any atom is 0.00721 e. The van der Waals surface area contributed by atoms with Crippen molar-refractivity contribution < 1.29 is 0 Å². The summed E-state index contributed by atoms with van der Waals surface area (Å²) in [6, 6.07) is 1.55. The lowest BCUT2D eigenvalue weighted by Crippen LogP contribution is -2.34. The molecule has 0 aromatic carbocycles. The second-order valence-electron chi connectivity index (χ2n) is 5.18. The summed E-state index contributed by atoms with van der Waals surface area (Å²) in [4.78, 5) is 0. The van der Waals surface area contributed by atoms with Gasteiger partial charge in [-0.25, -0.2) is 0 Å². The molecule has 0 radical (unpaired) electrons. The quantitative estimate of drug-likeness (QED) is 0.640. The summed E-state index contributed by atoms with van der Waals surface area (Å²) in [5.74, 6) is 0.954. The van der Waals surface area contributed by atoms with Crippen LogP contribution >= 0.6 is 0 Å². The molecule has 0 aromatic rings. The van der Waals surface area contributed by atoms with Crippen molar-refractivity contribution in [3.63, 3.8) is 0 Å². The molecular weight excluding hydrogens is 170 g/mol. The molecule has 0 aliphatic heterocycles. The third-order valence-electron chi connectivity index (χ3n) is 3.46. The van der Waals surface area contributed by atoms with Crippen LogP contribution in [0.3, 0.4) is 0 Å². The molecular formula is C13H27N. The highest BCUT2D eigenvalue weighted by molar-refractivity contribution is 4.80. The molecule has 0 saturated heterocycles. The van der Waals surface area contributed by atoms with Gasteiger partial charge in [0.2, 0.25) is 0 Å². The number of hydrogen-bond acceptors (Lipinski definition) is 1. The van der Waals surface area contributed by atoms with Crippen LogP contribution in [0, 0.1) is 5.92 Å². The fourth-order valence-electron chi connectivity index (χ4n) is 2.54. The van der Waals surface area contributed by atoms with Crippen molar-refractivity contribution in [1.82, 2.24) is 5.32 Å². The fourth-order valence-corrected chi connectivity index (χ4v) is 2.54. The minimum absolute atomic E-state index is 0.733. The van der Waals surface area contributed by atoms with Crippen molar-refractivity contribution >= 4 is 0 Å². The van der Waals surface area contributed by atoms with Gasteiger partial charge in [-0.15, -0.1) is 0 Å². The van der Waals surface area contributed by atoms with Crippen LogP contribution in [0.15, 0.2) is 0 Å². The average Bonchev–Trinajstić information content (AvgIpc) is 2.52. The van der Waals surface area contributed by atoms with E-state index in [4.69, 9.17) is 0 Å². The van der Waals surface area contributed by atoms with Gasteiger partial charge < -0.3 is 5.32 Å². The van der Waals surface area contributed by atoms with Gasteiger partial charge in [0.25, 0.3) is 0 Å². The minimum Gasteiger partial charge on any atom is -0.311 e. The molecule has 1 aliphatic rings. The van der Waals surface area contributed by atoms with Crippen LogP contribution in [0.5, 0.6) is 0 Å². The Labute approximate surface area is 89.7 Å². The molecule has 3 atom stereocenters. The lowest BCUT2D eigenvalue weighted by Gasteiger charge is -2.19. The van der Waals surface area contributed by atoms with Gasteiger partial charge in [-0.2, -0.15) is 0 Å². The first-order valence-corrected chi connectivity index (χ1v) is 6.48. The Balaban J connectivity index is 2.05. The van der Waals surface area contributed by atoms with Gasteiger partial charge in [0.05, 0.1) is 0 Å². The van der Waals surface area contributed by atoms with Gasteiger partial charge in [0.15, 0.2) is 0 Å². The van der Waals surface area contributed by atoms with Gasteiger partial charge in [-0.1, -0.05) is 33.1 Å². The molecule has 1 N–H and O–H groups in total. The molecule has 1 aliphatic carbocycles. The molecule has 0 spiro atoms. The van der Waals surface area contributed by atoms with Crippen LogP contribution in [0.25, 0.3) is 0 Å². The second-order valence-corrected chi connectivity index (χ2v) is 5.18. The summed E-state index contributed by atoms with van der Waals surface area (Å²) < 4.78 is 0. The largest absolute Gasteiger partial charge is 0.311 e. The maximum absolute atomic E-state index is 3.77. The van der Waals surface area contributed by atoms with E-state index in [9.17, 15) is 0 Å². The zero-order chi connectivity index (χ0) is 10.4. The van der Waals surface area contributed by atoms with Gasteiger partial charge >= 0.3 is 0 Å². The SMILES string of the molecule is CCCCCC(C)NC1CCC(C)C1. The molecule has 3 unspecified atom stereocenters. The van der Waals surface area contributed by atoms with Crippen LogP contribution < -0.4 is 5.32 Å². The summed E-state index contributed by atoms with van der Waals surface area (Å²) in [7, 11) is 0. The Kier molecular flexibility index (Phi) is 5.54. The first kappa shape index (κ1) is 12.0. The summed E-state index contributed by atoms with van der Waals surface area (Å²) in [5, 5.41) is 3.77. The Morgan fingerprint density at radius 2 is 2.07 bits per heavy atom. The van der Waals surface area contributed by atoms with Gasteiger partial charge in [0.1, 0.15) is 0 Å². The molecule has 1 saturated carbocycles. The summed E-state index contributed by atoms with van der Waals surface area (Å²) in [6.07, 6.45) is 9.72. The van der Waals surface area contributed by atoms with Crippen molar-refractivity contribution in [3.8, 4) is 0 Å². The Bertz CT molecular complexity index is 144. The van der Waals surface area contributed by atoms with Crippen molar-refractivity contribution in [2.24, 2.45) is 5.92 Å². The molecule has 1 heteroatoms. The molecule has 14 heavy (non-hydrogen) atoms. The zero-order valence-electron chi connectivity index (χ0n) is 10.2. The predicted molar refractivity (Wildman–Crippen MR) is 63.5 cm³/mol. The van der Waals surface area contributed by atoms with E-state index in [2.05, 4.69) is 26.1 Å². The molecule has 0 bridgehead atoms. The minimum atomic E-state index is 0.733. The first-order valence-electron chi connectivity index (χ1n) is 6.48. The van der Waals surface area contributed by atoms with E-state index in [1.807, 2.05) is 0 Å². The standard InChI is InChI=1S/C13H27N/c1-4-5-6-7-12(3)14-13-9-8-11(2)10-13/h11-14H,4-10H2,1-3H3. The first-order chi connectivity index (χ1) is 6.72. The second kappa shape index (κ2) is 6.44. The highest BCUT2D eigenvalue weighted by Gasteiger charge is 2.21. The lowest BCUT2D eigenvalue weighted by atomic mass is 10.1. The smallest absolute Gasteiger partial charge is 0.00721 e. The summed E-state index contributed by atoms with van der Waals surface area (Å²) in [5.41, 5.74) is 0. The number of nitrogens with one attached hydrogen (secondary N) is 1. The zero-order valence-corrected chi connectivity index (χ0v) is 10.2. The normalized spacial score (nSPS) is 29.4. The molecule has 84 valence electrons. The van der Waals surface area contributed by atoms with Gasteiger partial charge in [0, 0.05) is 12.1 Å². The molecule has 0 heterocycles. The van der Waals surface area contributed by atoms with Crippen LogP contribution in [0.2, 0.25) is 0 Å². The molecule has 1 nitrogen and oxygen atoms in total. The Morgan fingerprint density at radius 1 is 1.29 bits per heavy atom. The monoisotopic (exact) mass is 197 g/mol. The van der Waals surface area contributed by atoms with E-state index in [1.165, 1.54) is 44.9 Å². The van der Waals surface area contributed by atoms with Gasteiger partial charge in [-0.05, 0) is 38.5 Å². The van der Waals surface area contributed by atoms with Crippen LogP contribution in [0.1, 0.15) is 65.7 Å². The van der Waals surface area contributed by atoms with Gasteiger partial charge in [-0.3, -0.25) is 0 Å². The Morgan fingerprint density at radius 3 is 2.64 bits per heavy atom. The molecule has 1 fully saturated rings. The van der Waals surface area contributed by atoms with E-state index >= 15 is 0 Å². The average molecular weight is 197 g/mol. The van der Waals surface area contributed by atoms with Crippen molar-refractivity contribution in [1.29, 1.82) is 0 Å². The van der Waals surface area contributed by atoms with Crippen molar-refractivity contribution in [2.45, 2.75) is 77.8 Å². The summed E-state index contributed by atoms with van der Waals surface area (Å²) in [6.45, 7) is 7.00. The van der Waals surface area contributed by atoms with Crippen LogP contribution in [0.4, 0.5) is 0 Å². The predicted octanol–water partition coefficient (Wildman–Crippen LogP) is 3.73. The van der Waals surface area contributed by atoms with E-state index < -0.39 is 0 Å². The van der Waals surface area contributed by atoms with E-state index in [1.54, 1.807) is 0 Å². The fraction of sp³-hybridized carbons (Fsp3) is 1.00. The topological polar surface area (TPSA) is 12.0 Å². The summed E-state index contributed by atoms with van der Waals surface area (Å²) >= 11 is 0. The maximum atomic E-state index is 3.77. The number of unbranched alkanes of at least 4 members (excludes halogenated alkanes) is 2. The lowest BCUT2D eigenvalue weighted by molar-refractivity contribution is 0.412. The van der Waals surface area contributed by atoms with Crippen molar-refractivity contribution in [2.75, 3.05) is 0 Å². The molecule has 1 rings (SSSR count). The molecule has 0 amide bonds. The number of hydrogen-bond donors (Lipinski definition) is 1. The number of rotatable bonds is 6. The van der Waals surface area contributed by atoms with E-state index in [0.717, 1.165) is 18.0 Å².